The van der Waals surface area contributed by atoms with Crippen molar-refractivity contribution >= 4 is 51.3 Å². The lowest BCUT2D eigenvalue weighted by atomic mass is 10.1. The van der Waals surface area contributed by atoms with E-state index in [1.54, 1.807) is 31.4 Å². The number of nitrogens with one attached hydrogen (secondary N) is 1. The number of hydrogen-bond donors (Lipinski definition) is 2. The number of carbonyl (C=O) groups excluding carboxylic acids is 1. The van der Waals surface area contributed by atoms with Crippen LogP contribution >= 0.6 is 11.8 Å². The van der Waals surface area contributed by atoms with Crippen LogP contribution in [0.2, 0.25) is 0 Å². The Kier molecular flexibility index (Phi) is 5.54. The Bertz CT molecular complexity index is 1200. The second-order valence-electron chi connectivity index (χ2n) is 6.69. The summed E-state index contributed by atoms with van der Waals surface area (Å²) in [5.74, 6) is -0.275. The lowest BCUT2D eigenvalue weighted by Crippen LogP contribution is -2.19. The molecule has 0 atom stereocenters. The number of ether oxygens (including phenoxy) is 1. The zero-order valence-corrected chi connectivity index (χ0v) is 16.9. The van der Waals surface area contributed by atoms with Crippen LogP contribution < -0.4 is 10.1 Å². The van der Waals surface area contributed by atoms with E-state index in [0.29, 0.717) is 21.3 Å². The van der Waals surface area contributed by atoms with Crippen molar-refractivity contribution in [2.75, 3.05) is 7.11 Å². The third-order valence-electron chi connectivity index (χ3n) is 4.54. The normalized spacial score (nSPS) is 16.2. The molecule has 6 nitrogen and oxygen atoms in total. The molecule has 4 rings (SSSR count). The van der Waals surface area contributed by atoms with Crippen LogP contribution in [-0.4, -0.2) is 29.3 Å². The van der Waals surface area contributed by atoms with E-state index in [4.69, 9.17) is 9.84 Å². The van der Waals surface area contributed by atoms with Gasteiger partial charge in [-0.3, -0.25) is 9.59 Å². The van der Waals surface area contributed by atoms with E-state index in [9.17, 15) is 9.59 Å². The minimum Gasteiger partial charge on any atom is -0.497 e. The summed E-state index contributed by atoms with van der Waals surface area (Å²) in [7, 11) is 1.64. The van der Waals surface area contributed by atoms with Gasteiger partial charge >= 0.3 is 5.97 Å². The second-order valence-corrected chi connectivity index (χ2v) is 7.72. The predicted molar refractivity (Wildman–Crippen MR) is 119 cm³/mol. The largest absolute Gasteiger partial charge is 0.497 e. The molecule has 3 aromatic carbocycles. The number of carboxylic acid groups (broad SMARTS) is 1. The van der Waals surface area contributed by atoms with E-state index in [-0.39, 0.29) is 12.3 Å². The van der Waals surface area contributed by atoms with Crippen molar-refractivity contribution < 1.29 is 19.4 Å². The Morgan fingerprint density at radius 1 is 1.10 bits per heavy atom. The van der Waals surface area contributed by atoms with E-state index >= 15 is 0 Å². The zero-order valence-electron chi connectivity index (χ0n) is 16.1. The quantitative estimate of drug-likeness (QED) is 0.601. The molecule has 0 aliphatic carbocycles. The summed E-state index contributed by atoms with van der Waals surface area (Å²) in [5.41, 5.74) is 2.27. The molecule has 0 aromatic heterocycles. The number of methoxy groups -OCH3 is 1. The number of thioether (sulfide) groups is 1. The van der Waals surface area contributed by atoms with Gasteiger partial charge in [-0.2, -0.15) is 0 Å². The molecular formula is C23H18N2O4S. The summed E-state index contributed by atoms with van der Waals surface area (Å²) >= 11 is 1.27. The van der Waals surface area contributed by atoms with Gasteiger partial charge in [-0.25, -0.2) is 4.99 Å². The highest BCUT2D eigenvalue weighted by molar-refractivity contribution is 8.18. The highest BCUT2D eigenvalue weighted by Crippen LogP contribution is 2.29. The first-order valence-electron chi connectivity index (χ1n) is 9.18. The molecule has 1 saturated heterocycles. The van der Waals surface area contributed by atoms with Crippen molar-refractivity contribution in [3.63, 3.8) is 0 Å². The summed E-state index contributed by atoms with van der Waals surface area (Å²) in [6.45, 7) is 0. The standard InChI is InChI=1S/C23H18N2O4S/c1-29-19-9-6-16-10-15(2-5-17(16)13-19)11-20-22(28)25-23(30-20)24-18-7-3-14(4-8-18)12-21(26)27/h2-11,13H,12H2,1H3,(H,26,27)(H,24,25,28). The Morgan fingerprint density at radius 3 is 2.57 bits per heavy atom. The first-order chi connectivity index (χ1) is 14.5. The number of amidine groups is 1. The van der Waals surface area contributed by atoms with E-state index in [1.807, 2.05) is 42.5 Å². The number of aliphatic imine (C=N–C) groups is 1. The van der Waals surface area contributed by atoms with E-state index in [2.05, 4.69) is 10.3 Å². The summed E-state index contributed by atoms with van der Waals surface area (Å²) in [6, 6.07) is 18.7. The van der Waals surface area contributed by atoms with Gasteiger partial charge in [-0.15, -0.1) is 0 Å². The number of rotatable bonds is 5. The predicted octanol–water partition coefficient (Wildman–Crippen LogP) is 4.37. The monoisotopic (exact) mass is 418 g/mol. The number of fused-ring (bicyclic) bond motifs is 1. The summed E-state index contributed by atoms with van der Waals surface area (Å²) in [5, 5.41) is 14.2. The maximum atomic E-state index is 12.3. The molecule has 0 spiro atoms. The molecule has 2 N–H and O–H groups in total. The summed E-state index contributed by atoms with van der Waals surface area (Å²) in [6.07, 6.45) is 1.80. The smallest absolute Gasteiger partial charge is 0.307 e. The second kappa shape index (κ2) is 8.42. The van der Waals surface area contributed by atoms with Gasteiger partial charge in [-0.05, 0) is 70.1 Å². The minimum absolute atomic E-state index is 0.0340. The number of nitrogens with zero attached hydrogens (tertiary/aromatic N) is 1. The molecule has 1 aliphatic rings. The number of aliphatic carboxylic acids is 1. The lowest BCUT2D eigenvalue weighted by molar-refractivity contribution is -0.136. The molecule has 0 radical (unpaired) electrons. The first kappa shape index (κ1) is 19.7. The molecule has 0 bridgehead atoms. The van der Waals surface area contributed by atoms with E-state index < -0.39 is 5.97 Å². The van der Waals surface area contributed by atoms with Gasteiger partial charge in [0.25, 0.3) is 5.91 Å². The van der Waals surface area contributed by atoms with Gasteiger partial charge in [0.05, 0.1) is 24.1 Å². The van der Waals surface area contributed by atoms with E-state index in [1.165, 1.54) is 11.8 Å². The number of hydrogen-bond acceptors (Lipinski definition) is 5. The molecule has 1 fully saturated rings. The number of benzene rings is 3. The van der Waals surface area contributed by atoms with Gasteiger partial charge in [0.1, 0.15) is 5.75 Å². The number of amides is 1. The fraction of sp³-hybridized carbons (Fsp3) is 0.0870. The van der Waals surface area contributed by atoms with Crippen LogP contribution in [0.5, 0.6) is 5.75 Å². The van der Waals surface area contributed by atoms with Crippen LogP contribution in [-0.2, 0) is 16.0 Å². The van der Waals surface area contributed by atoms with Crippen molar-refractivity contribution in [1.82, 2.24) is 5.32 Å². The topological polar surface area (TPSA) is 88.0 Å². The fourth-order valence-electron chi connectivity index (χ4n) is 3.07. The van der Waals surface area contributed by atoms with Gasteiger partial charge in [-0.1, -0.05) is 30.3 Å². The van der Waals surface area contributed by atoms with Crippen LogP contribution in [0.15, 0.2) is 70.6 Å². The van der Waals surface area contributed by atoms with Gasteiger partial charge in [0, 0.05) is 0 Å². The lowest BCUT2D eigenvalue weighted by Gasteiger charge is -2.03. The molecule has 1 heterocycles. The molecule has 150 valence electrons. The molecule has 0 saturated carbocycles. The van der Waals surface area contributed by atoms with Crippen molar-refractivity contribution in [2.24, 2.45) is 4.99 Å². The average Bonchev–Trinajstić information content (AvgIpc) is 3.07. The highest BCUT2D eigenvalue weighted by atomic mass is 32.2. The third kappa shape index (κ3) is 4.52. The van der Waals surface area contributed by atoms with Crippen molar-refractivity contribution in [2.45, 2.75) is 6.42 Å². The van der Waals surface area contributed by atoms with E-state index in [0.717, 1.165) is 22.1 Å². The number of carbonyl (C=O) groups is 2. The molecule has 3 aromatic rings. The molecule has 1 aliphatic heterocycles. The van der Waals surface area contributed by atoms with Gasteiger partial charge < -0.3 is 15.2 Å². The van der Waals surface area contributed by atoms with Crippen LogP contribution in [0.3, 0.4) is 0 Å². The van der Waals surface area contributed by atoms with Crippen LogP contribution in [0, 0.1) is 0 Å². The van der Waals surface area contributed by atoms with Crippen LogP contribution in [0.4, 0.5) is 5.69 Å². The first-order valence-corrected chi connectivity index (χ1v) is 10.00. The van der Waals surface area contributed by atoms with Gasteiger partial charge in [0.15, 0.2) is 5.17 Å². The maximum absolute atomic E-state index is 12.3. The van der Waals surface area contributed by atoms with Crippen LogP contribution in [0.1, 0.15) is 11.1 Å². The third-order valence-corrected chi connectivity index (χ3v) is 5.45. The highest BCUT2D eigenvalue weighted by Gasteiger charge is 2.23. The average molecular weight is 418 g/mol. The Labute approximate surface area is 177 Å². The number of carboxylic acids is 1. The molecular weight excluding hydrogens is 400 g/mol. The maximum Gasteiger partial charge on any atom is 0.307 e. The van der Waals surface area contributed by atoms with Crippen molar-refractivity contribution in [3.05, 3.63) is 76.7 Å². The molecule has 7 heteroatoms. The van der Waals surface area contributed by atoms with Gasteiger partial charge in [0.2, 0.25) is 0 Å². The zero-order chi connectivity index (χ0) is 21.1. The SMILES string of the molecule is COc1ccc2cc(C=C3SC(=Nc4ccc(CC(=O)O)cc4)NC3=O)ccc2c1. The summed E-state index contributed by atoms with van der Waals surface area (Å²) in [4.78, 5) is 28.1. The van der Waals surface area contributed by atoms with Crippen molar-refractivity contribution in [3.8, 4) is 5.75 Å². The molecule has 0 unspecified atom stereocenters. The Balaban J connectivity index is 1.52. The Morgan fingerprint density at radius 2 is 1.83 bits per heavy atom. The van der Waals surface area contributed by atoms with Crippen molar-refractivity contribution in [1.29, 1.82) is 0 Å². The summed E-state index contributed by atoms with van der Waals surface area (Å²) < 4.78 is 5.25. The molecule has 30 heavy (non-hydrogen) atoms. The van der Waals surface area contributed by atoms with Crippen LogP contribution in [0.25, 0.3) is 16.8 Å². The fourth-order valence-corrected chi connectivity index (χ4v) is 3.91. The minimum atomic E-state index is -0.879. The molecule has 1 amide bonds. The Hall–Kier alpha value is -3.58.